The predicted molar refractivity (Wildman–Crippen MR) is 37.6 cm³/mol. The quantitative estimate of drug-likeness (QED) is 0.372. The van der Waals surface area contributed by atoms with E-state index >= 15 is 0 Å². The van der Waals surface area contributed by atoms with E-state index in [4.69, 9.17) is 15.8 Å². The molecule has 10 heavy (non-hydrogen) atoms. The summed E-state index contributed by atoms with van der Waals surface area (Å²) in [5.41, 5.74) is 5.34. The molecule has 1 atom stereocenters. The van der Waals surface area contributed by atoms with E-state index in [1.807, 2.05) is 0 Å². The van der Waals surface area contributed by atoms with Gasteiger partial charge in [-0.1, -0.05) is 0 Å². The summed E-state index contributed by atoms with van der Waals surface area (Å²) in [6.07, 6.45) is 3.85. The first-order valence-electron chi connectivity index (χ1n) is 2.81. The number of nitrogens with zero attached hydrogens (tertiary/aromatic N) is 2. The predicted octanol–water partition coefficient (Wildman–Crippen LogP) is -1.90. The van der Waals surface area contributed by atoms with Gasteiger partial charge < -0.3 is 14.9 Å². The molecule has 0 bridgehead atoms. The molecule has 0 amide bonds. The first-order valence-corrected chi connectivity index (χ1v) is 2.81. The molecule has 1 aliphatic rings. The van der Waals surface area contributed by atoms with Gasteiger partial charge in [-0.3, -0.25) is 10.7 Å². The van der Waals surface area contributed by atoms with Gasteiger partial charge in [-0.15, -0.1) is 0 Å². The Morgan fingerprint density at radius 3 is 2.70 bits per heavy atom. The maximum Gasteiger partial charge on any atom is 0.590 e. The minimum absolute atomic E-state index is 0.690. The Morgan fingerprint density at radius 2 is 2.30 bits per heavy atom. The van der Waals surface area contributed by atoms with Crippen LogP contribution < -0.4 is 5.73 Å². The molecule has 1 rings (SSSR count). The molecule has 0 spiro atoms. The van der Waals surface area contributed by atoms with Crippen LogP contribution in [0.15, 0.2) is 17.3 Å². The fraction of sp³-hybridized carbons (Fsp3) is 0.250. The van der Waals surface area contributed by atoms with Crippen LogP contribution in [-0.2, 0) is 0 Å². The molecule has 1 heterocycles. The fourth-order valence-corrected chi connectivity index (χ4v) is 0.654. The third-order valence-corrected chi connectivity index (χ3v) is 1.16. The van der Waals surface area contributed by atoms with Crippen LogP contribution in [0.1, 0.15) is 0 Å². The number of hydrogen-bond donors (Lipinski definition) is 3. The molecule has 0 saturated carbocycles. The number of allylic oxidation sites excluding steroid dienone is 1. The number of hydrogen-bond acceptors (Lipinski definition) is 5. The van der Waals surface area contributed by atoms with Crippen molar-refractivity contribution in [3.63, 3.8) is 0 Å². The molecule has 6 heteroatoms. The number of rotatable bonds is 1. The minimum atomic E-state index is -1.58. The molecule has 0 aromatic carbocycles. The van der Waals surface area contributed by atoms with Gasteiger partial charge >= 0.3 is 7.25 Å². The Balaban J connectivity index is 2.61. The summed E-state index contributed by atoms with van der Waals surface area (Å²) in [5.74, 6) is 0. The van der Waals surface area contributed by atoms with Gasteiger partial charge in [-0.2, -0.15) is 0 Å². The van der Waals surface area contributed by atoms with Crippen molar-refractivity contribution in [2.45, 2.75) is 6.29 Å². The zero-order chi connectivity index (χ0) is 7.56. The normalized spacial score (nSPS) is 23.5. The highest BCUT2D eigenvalue weighted by Crippen LogP contribution is 2.00. The summed E-state index contributed by atoms with van der Waals surface area (Å²) in [6.45, 7) is 0. The first-order chi connectivity index (χ1) is 4.72. The van der Waals surface area contributed by atoms with Gasteiger partial charge in [-0.25, -0.2) is 0 Å². The summed E-state index contributed by atoms with van der Waals surface area (Å²) in [7, 11) is -1.58. The van der Waals surface area contributed by atoms with Gasteiger partial charge in [0.05, 0.1) is 0 Å². The van der Waals surface area contributed by atoms with Gasteiger partial charge in [0.25, 0.3) is 0 Å². The smallest absolute Gasteiger partial charge is 0.408 e. The molecule has 0 radical (unpaired) electrons. The van der Waals surface area contributed by atoms with Crippen LogP contribution in [0.3, 0.4) is 0 Å². The second-order valence-electron chi connectivity index (χ2n) is 1.85. The van der Waals surface area contributed by atoms with E-state index in [2.05, 4.69) is 4.99 Å². The first kappa shape index (κ1) is 7.26. The molecule has 0 aromatic heterocycles. The van der Waals surface area contributed by atoms with Crippen LogP contribution in [0.4, 0.5) is 0 Å². The van der Waals surface area contributed by atoms with Crippen molar-refractivity contribution in [3.05, 3.63) is 12.3 Å². The summed E-state index contributed by atoms with van der Waals surface area (Å²) in [4.78, 5) is 4.82. The highest BCUT2D eigenvalue weighted by Gasteiger charge is 2.22. The highest BCUT2D eigenvalue weighted by molar-refractivity contribution is 6.38. The summed E-state index contributed by atoms with van der Waals surface area (Å²) < 4.78 is 0. The Bertz CT molecular complexity index is 170. The van der Waals surface area contributed by atoms with E-state index in [1.54, 1.807) is 6.08 Å². The molecule has 0 aliphatic carbocycles. The van der Waals surface area contributed by atoms with Crippen molar-refractivity contribution in [2.75, 3.05) is 0 Å². The lowest BCUT2D eigenvalue weighted by Crippen LogP contribution is -2.47. The molecule has 0 saturated heterocycles. The standard InChI is InChI=1S/C4H8BN3O2/c6-4-7-2-1-3-8(4)5(9)10/h1-4,9-10H,6H2. The molecule has 4 N–H and O–H groups in total. The second-order valence-corrected chi connectivity index (χ2v) is 1.85. The third-order valence-electron chi connectivity index (χ3n) is 1.16. The van der Waals surface area contributed by atoms with Gasteiger partial charge in [0, 0.05) is 6.21 Å². The van der Waals surface area contributed by atoms with E-state index < -0.39 is 13.5 Å². The number of aliphatic imine (C=N–C) groups is 1. The van der Waals surface area contributed by atoms with E-state index in [0.717, 1.165) is 4.81 Å². The average Bonchev–Trinajstić information content (AvgIpc) is 1.88. The summed E-state index contributed by atoms with van der Waals surface area (Å²) >= 11 is 0. The van der Waals surface area contributed by atoms with Gasteiger partial charge in [0.15, 0.2) is 6.29 Å². The van der Waals surface area contributed by atoms with E-state index in [-0.39, 0.29) is 0 Å². The van der Waals surface area contributed by atoms with Crippen molar-refractivity contribution in [1.82, 2.24) is 4.81 Å². The average molecular weight is 141 g/mol. The molecule has 0 aromatic rings. The third kappa shape index (κ3) is 1.35. The zero-order valence-corrected chi connectivity index (χ0v) is 5.25. The van der Waals surface area contributed by atoms with Crippen LogP contribution in [0.25, 0.3) is 0 Å². The van der Waals surface area contributed by atoms with Crippen LogP contribution in [0, 0.1) is 0 Å². The highest BCUT2D eigenvalue weighted by atomic mass is 16.4. The number of nitrogens with two attached hydrogens (primary N) is 1. The van der Waals surface area contributed by atoms with Crippen molar-refractivity contribution in [3.8, 4) is 0 Å². The Kier molecular flexibility index (Phi) is 2.05. The van der Waals surface area contributed by atoms with E-state index in [9.17, 15) is 0 Å². The Labute approximate surface area is 58.6 Å². The van der Waals surface area contributed by atoms with Gasteiger partial charge in [0.2, 0.25) is 0 Å². The van der Waals surface area contributed by atoms with Gasteiger partial charge in [0.1, 0.15) is 0 Å². The van der Waals surface area contributed by atoms with Crippen molar-refractivity contribution in [1.29, 1.82) is 0 Å². The maximum atomic E-state index is 8.62. The van der Waals surface area contributed by atoms with Crippen molar-refractivity contribution in [2.24, 2.45) is 10.7 Å². The SMILES string of the molecule is NC1N=CC=CN1B(O)O. The van der Waals surface area contributed by atoms with Crippen molar-refractivity contribution >= 4 is 13.5 Å². The van der Waals surface area contributed by atoms with Crippen LogP contribution >= 0.6 is 0 Å². The molecule has 5 nitrogen and oxygen atoms in total. The molecular weight excluding hydrogens is 133 g/mol. The van der Waals surface area contributed by atoms with Crippen LogP contribution in [-0.4, -0.2) is 34.6 Å². The topological polar surface area (TPSA) is 82.1 Å². The van der Waals surface area contributed by atoms with Crippen LogP contribution in [0.5, 0.6) is 0 Å². The molecule has 1 aliphatic heterocycles. The molecule has 1 unspecified atom stereocenters. The van der Waals surface area contributed by atoms with E-state index in [0.29, 0.717) is 0 Å². The summed E-state index contributed by atoms with van der Waals surface area (Å²) in [6, 6.07) is 0. The molecule has 0 fully saturated rings. The Morgan fingerprint density at radius 1 is 1.60 bits per heavy atom. The minimum Gasteiger partial charge on any atom is -0.408 e. The monoisotopic (exact) mass is 141 g/mol. The van der Waals surface area contributed by atoms with Gasteiger partial charge in [-0.05, 0) is 12.3 Å². The van der Waals surface area contributed by atoms with Crippen LogP contribution in [0.2, 0.25) is 0 Å². The molecular formula is C4H8BN3O2. The lowest BCUT2D eigenvalue weighted by Gasteiger charge is -2.24. The van der Waals surface area contributed by atoms with Crippen molar-refractivity contribution < 1.29 is 10.0 Å². The largest absolute Gasteiger partial charge is 0.590 e. The Hall–Kier alpha value is -0.845. The van der Waals surface area contributed by atoms with E-state index in [1.165, 1.54) is 12.4 Å². The molecule has 54 valence electrons. The maximum absolute atomic E-state index is 8.62. The zero-order valence-electron chi connectivity index (χ0n) is 5.25. The second kappa shape index (κ2) is 2.83. The lowest BCUT2D eigenvalue weighted by atomic mass is 10.1. The lowest BCUT2D eigenvalue weighted by molar-refractivity contribution is 0.277. The fourth-order valence-electron chi connectivity index (χ4n) is 0.654. The summed E-state index contributed by atoms with van der Waals surface area (Å²) in [5, 5.41) is 17.2.